The first-order valence-electron chi connectivity index (χ1n) is 28.7. The normalized spacial score (nSPS) is 12.0. The first-order chi connectivity index (χ1) is 44.0. The van der Waals surface area contributed by atoms with Gasteiger partial charge in [0.05, 0.1) is 22.3 Å². The van der Waals surface area contributed by atoms with Crippen LogP contribution in [0.5, 0.6) is 0 Å². The molecule has 0 aliphatic rings. The van der Waals surface area contributed by atoms with E-state index in [0.717, 1.165) is 104 Å². The van der Waals surface area contributed by atoms with E-state index in [2.05, 4.69) is 0 Å². The van der Waals surface area contributed by atoms with Crippen LogP contribution in [0.25, 0.3) is 55.6 Å². The number of nitrogens with two attached hydrogens (primary N) is 1. The topological polar surface area (TPSA) is 35.7 Å². The highest BCUT2D eigenvalue weighted by molar-refractivity contribution is 5.90. The van der Waals surface area contributed by atoms with Crippen LogP contribution >= 0.6 is 0 Å². The molecule has 0 atom stereocenters. The van der Waals surface area contributed by atoms with Gasteiger partial charge >= 0.3 is 24.7 Å². The number of halogens is 12. The summed E-state index contributed by atoms with van der Waals surface area (Å²) in [6.45, 7) is 0. The Hall–Kier alpha value is -11.0. The van der Waals surface area contributed by atoms with E-state index >= 15 is 0 Å². The number of rotatable bonds is 14. The molecule has 16 heteroatoms. The molecule has 0 amide bonds. The van der Waals surface area contributed by atoms with Crippen LogP contribution in [-0.2, 0) is 24.7 Å². The summed E-state index contributed by atoms with van der Waals surface area (Å²) in [6.07, 6.45) is -18.3. The quantitative estimate of drug-likeness (QED) is 0.0869. The molecule has 12 aromatic rings. The number of nitrogen functional groups attached to an aromatic ring is 1. The lowest BCUT2D eigenvalue weighted by molar-refractivity contribution is -0.138. The minimum atomic E-state index is -4.61. The Morgan fingerprint density at radius 2 is 0.337 bits per heavy atom. The number of benzene rings is 12. The van der Waals surface area contributed by atoms with Crippen LogP contribution < -0.4 is 20.4 Å². The number of anilines is 10. The van der Waals surface area contributed by atoms with E-state index in [1.165, 1.54) is 48.5 Å². The maximum absolute atomic E-state index is 14.0. The first-order valence-corrected chi connectivity index (χ1v) is 28.7. The van der Waals surface area contributed by atoms with Gasteiger partial charge in [-0.2, -0.15) is 52.7 Å². The molecule has 12 rings (SSSR count). The van der Waals surface area contributed by atoms with Crippen molar-refractivity contribution in [3.63, 3.8) is 0 Å². The van der Waals surface area contributed by atoms with E-state index in [4.69, 9.17) is 5.73 Å². The average molecular weight is 1250 g/mol. The lowest BCUT2D eigenvalue weighted by Gasteiger charge is -2.27. The summed E-state index contributed by atoms with van der Waals surface area (Å²) in [5.74, 6) is 0. The third-order valence-corrected chi connectivity index (χ3v) is 15.8. The molecule has 0 aliphatic heterocycles. The van der Waals surface area contributed by atoms with Crippen molar-refractivity contribution in [3.05, 3.63) is 313 Å². The Kier molecular flexibility index (Phi) is 16.5. The highest BCUT2D eigenvalue weighted by Gasteiger charge is 2.34. The Morgan fingerprint density at radius 3 is 0.511 bits per heavy atom. The maximum Gasteiger partial charge on any atom is 0.416 e. The van der Waals surface area contributed by atoms with Crippen molar-refractivity contribution in [2.24, 2.45) is 0 Å². The monoisotopic (exact) mass is 1250 g/mol. The molecule has 12 aromatic carbocycles. The Balaban J connectivity index is 0.838. The molecule has 4 nitrogen and oxygen atoms in total. The van der Waals surface area contributed by atoms with Crippen molar-refractivity contribution in [2.45, 2.75) is 24.7 Å². The first kappa shape index (κ1) is 61.2. The number of alkyl halides is 12. The van der Waals surface area contributed by atoms with E-state index in [0.29, 0.717) is 45.5 Å². The number of nitrogens with zero attached hydrogens (tertiary/aromatic N) is 3. The smallest absolute Gasteiger partial charge is 0.398 e. The van der Waals surface area contributed by atoms with E-state index < -0.39 is 47.0 Å². The summed E-state index contributed by atoms with van der Waals surface area (Å²) in [5.41, 5.74) is 16.4. The van der Waals surface area contributed by atoms with Crippen LogP contribution in [0.4, 0.5) is 110 Å². The minimum Gasteiger partial charge on any atom is -0.398 e. The van der Waals surface area contributed by atoms with Crippen LogP contribution in [-0.4, -0.2) is 0 Å². The van der Waals surface area contributed by atoms with Crippen molar-refractivity contribution in [1.82, 2.24) is 0 Å². The van der Waals surface area contributed by atoms with Crippen LogP contribution in [0.2, 0.25) is 0 Å². The molecule has 0 bridgehead atoms. The number of para-hydroxylation sites is 1. The molecular formula is C76H50F12N4. The van der Waals surface area contributed by atoms with Crippen molar-refractivity contribution in [3.8, 4) is 55.6 Å². The summed E-state index contributed by atoms with van der Waals surface area (Å²) in [4.78, 5) is 5.27. The van der Waals surface area contributed by atoms with Gasteiger partial charge in [-0.3, -0.25) is 0 Å². The SMILES string of the molecule is Nc1ccccc1-c1ccc(N(c2ccc(-c3ccccc3-c3ccc(N(c4ccc(-c5ccccc5-c5ccc(N(c6ccc(C(F)(F)F)cc6)c6ccc(C(F)(F)F)cc6)cc5)cc4)c4ccc(C(F)(F)F)cc4)cc3)cc2)c2ccc(C(F)(F)F)cc2)cc1. The predicted octanol–water partition coefficient (Wildman–Crippen LogP) is 24.1. The lowest BCUT2D eigenvalue weighted by atomic mass is 9.94. The summed E-state index contributed by atoms with van der Waals surface area (Å²) in [7, 11) is 0. The summed E-state index contributed by atoms with van der Waals surface area (Å²) in [6, 6.07) is 78.8. The fraction of sp³-hybridized carbons (Fsp3) is 0.0526. The molecular weight excluding hydrogens is 1200 g/mol. The Morgan fingerprint density at radius 1 is 0.185 bits per heavy atom. The zero-order valence-electron chi connectivity index (χ0n) is 48.2. The standard InChI is InChI=1S/C76H50F12N4/c77-73(78,79)54-23-41-63(42-24-54)90(59-33-15-50(16-34-59)69-9-3-4-10-70(69)52-19-37-61(38-20-52)92(65-45-27-56(28-46-65)75(83,84)85)66-47-29-57(30-48-66)76(86,87)88)58-31-13-49(14-32-58)67-7-1-2-8-68(67)51-17-35-60(36-18-51)91(64-43-25-55(26-44-64)74(80,81)82)62-39-21-53(22-40-62)71-11-5-6-12-72(71)89/h1-48H,89H2. The van der Waals surface area contributed by atoms with Gasteiger partial charge in [0.25, 0.3) is 0 Å². The molecule has 458 valence electrons. The molecule has 0 unspecified atom stereocenters. The maximum atomic E-state index is 14.0. The van der Waals surface area contributed by atoms with E-state index in [-0.39, 0.29) is 11.4 Å². The zero-order valence-corrected chi connectivity index (χ0v) is 48.2. The van der Waals surface area contributed by atoms with Crippen LogP contribution in [0.15, 0.2) is 291 Å². The van der Waals surface area contributed by atoms with E-state index in [1.54, 1.807) is 17.0 Å². The molecule has 92 heavy (non-hydrogen) atoms. The Bertz CT molecular complexity index is 4450. The highest BCUT2D eigenvalue weighted by Crippen LogP contribution is 2.45. The lowest BCUT2D eigenvalue weighted by Crippen LogP contribution is -2.12. The van der Waals surface area contributed by atoms with Gasteiger partial charge in [-0.25, -0.2) is 0 Å². The van der Waals surface area contributed by atoms with Crippen LogP contribution in [0, 0.1) is 0 Å². The van der Waals surface area contributed by atoms with Crippen molar-refractivity contribution in [1.29, 1.82) is 0 Å². The summed E-state index contributed by atoms with van der Waals surface area (Å²) < 4.78 is 165. The van der Waals surface area contributed by atoms with Gasteiger partial charge in [0.2, 0.25) is 0 Å². The molecule has 0 fully saturated rings. The van der Waals surface area contributed by atoms with Gasteiger partial charge in [-0.05, 0) is 214 Å². The molecule has 0 saturated carbocycles. The highest BCUT2D eigenvalue weighted by atomic mass is 19.4. The zero-order chi connectivity index (χ0) is 64.5. The van der Waals surface area contributed by atoms with Gasteiger partial charge in [-0.1, -0.05) is 127 Å². The van der Waals surface area contributed by atoms with E-state index in [9.17, 15) is 52.7 Å². The second-order valence-corrected chi connectivity index (χ2v) is 21.6. The molecule has 0 saturated heterocycles. The minimum absolute atomic E-state index is 0.278. The average Bonchev–Trinajstić information content (AvgIpc) is 0.844. The molecule has 0 aromatic heterocycles. The molecule has 0 spiro atoms. The van der Waals surface area contributed by atoms with E-state index in [1.807, 2.05) is 192 Å². The van der Waals surface area contributed by atoms with Crippen molar-refractivity contribution < 1.29 is 52.7 Å². The third kappa shape index (κ3) is 13.0. The molecule has 0 heterocycles. The fourth-order valence-corrected chi connectivity index (χ4v) is 11.2. The largest absolute Gasteiger partial charge is 0.416 e. The summed E-state index contributed by atoms with van der Waals surface area (Å²) >= 11 is 0. The molecule has 0 aliphatic carbocycles. The van der Waals surface area contributed by atoms with Gasteiger partial charge < -0.3 is 20.4 Å². The van der Waals surface area contributed by atoms with Crippen LogP contribution in [0.3, 0.4) is 0 Å². The third-order valence-electron chi connectivity index (χ3n) is 15.8. The Labute approximate surface area is 521 Å². The van der Waals surface area contributed by atoms with Gasteiger partial charge in [-0.15, -0.1) is 0 Å². The summed E-state index contributed by atoms with van der Waals surface area (Å²) in [5, 5.41) is 0. The van der Waals surface area contributed by atoms with Crippen molar-refractivity contribution >= 4 is 56.9 Å². The predicted molar refractivity (Wildman–Crippen MR) is 342 cm³/mol. The van der Waals surface area contributed by atoms with Gasteiger partial charge in [0.1, 0.15) is 0 Å². The molecule has 0 radical (unpaired) electrons. The fourth-order valence-electron chi connectivity index (χ4n) is 11.2. The second kappa shape index (κ2) is 24.8. The van der Waals surface area contributed by atoms with Gasteiger partial charge in [0, 0.05) is 62.4 Å². The van der Waals surface area contributed by atoms with Crippen molar-refractivity contribution in [2.75, 3.05) is 20.4 Å². The van der Waals surface area contributed by atoms with Crippen LogP contribution in [0.1, 0.15) is 22.3 Å². The second-order valence-electron chi connectivity index (χ2n) is 21.6. The number of hydrogen-bond donors (Lipinski definition) is 1. The molecule has 2 N–H and O–H groups in total. The van der Waals surface area contributed by atoms with Gasteiger partial charge in [0.15, 0.2) is 0 Å². The number of hydrogen-bond acceptors (Lipinski definition) is 4.